The lowest BCUT2D eigenvalue weighted by molar-refractivity contribution is -0.119. The van der Waals surface area contributed by atoms with Gasteiger partial charge in [0.25, 0.3) is 0 Å². The molecule has 2 N–H and O–H groups in total. The Morgan fingerprint density at radius 1 is 1.17 bits per heavy atom. The Balaban J connectivity index is 2.29. The van der Waals surface area contributed by atoms with Gasteiger partial charge in [-0.1, -0.05) is 43.0 Å². The summed E-state index contributed by atoms with van der Waals surface area (Å²) < 4.78 is 0. The minimum atomic E-state index is -0.0257. The number of anilines is 1. The molecule has 5 heteroatoms. The second-order valence-electron chi connectivity index (χ2n) is 4.07. The van der Waals surface area contributed by atoms with Crippen molar-refractivity contribution in [3.05, 3.63) is 28.2 Å². The minimum Gasteiger partial charge on any atom is -0.376 e. The quantitative estimate of drug-likeness (QED) is 0.751. The first-order chi connectivity index (χ1) is 8.61. The molecule has 0 aromatic heterocycles. The lowest BCUT2D eigenvalue weighted by Gasteiger charge is -2.08. The second-order valence-corrected chi connectivity index (χ2v) is 4.94. The first kappa shape index (κ1) is 15.1. The van der Waals surface area contributed by atoms with Crippen LogP contribution in [0.15, 0.2) is 18.2 Å². The number of unbranched alkanes of at least 4 members (excludes halogenated alkanes) is 2. The molecule has 0 aliphatic carbocycles. The predicted molar refractivity (Wildman–Crippen MR) is 77.5 cm³/mol. The minimum absolute atomic E-state index is 0.0257. The summed E-state index contributed by atoms with van der Waals surface area (Å²) in [6.45, 7) is 3.08. The van der Waals surface area contributed by atoms with E-state index in [1.54, 1.807) is 18.2 Å². The highest BCUT2D eigenvalue weighted by molar-refractivity contribution is 6.35. The third-order valence-corrected chi connectivity index (χ3v) is 2.85. The molecule has 0 atom stereocenters. The number of benzene rings is 1. The summed E-state index contributed by atoms with van der Waals surface area (Å²) in [6.07, 6.45) is 3.30. The zero-order valence-electron chi connectivity index (χ0n) is 10.4. The SMILES string of the molecule is CCCCCNC(=O)CNc1cc(Cl)cc(Cl)c1. The molecule has 18 heavy (non-hydrogen) atoms. The van der Waals surface area contributed by atoms with Gasteiger partial charge in [0.1, 0.15) is 0 Å². The molecule has 0 fully saturated rings. The maximum Gasteiger partial charge on any atom is 0.239 e. The van der Waals surface area contributed by atoms with Crippen molar-refractivity contribution in [3.8, 4) is 0 Å². The predicted octanol–water partition coefficient (Wildman–Crippen LogP) is 3.71. The zero-order valence-corrected chi connectivity index (χ0v) is 11.9. The van der Waals surface area contributed by atoms with Gasteiger partial charge in [-0.2, -0.15) is 0 Å². The van der Waals surface area contributed by atoms with E-state index in [1.165, 1.54) is 0 Å². The van der Waals surface area contributed by atoms with E-state index < -0.39 is 0 Å². The Hall–Kier alpha value is -0.930. The maximum absolute atomic E-state index is 11.5. The van der Waals surface area contributed by atoms with E-state index in [0.717, 1.165) is 31.5 Å². The van der Waals surface area contributed by atoms with Crippen molar-refractivity contribution in [1.82, 2.24) is 5.32 Å². The van der Waals surface area contributed by atoms with Gasteiger partial charge in [0.2, 0.25) is 5.91 Å². The number of halogens is 2. The largest absolute Gasteiger partial charge is 0.376 e. The topological polar surface area (TPSA) is 41.1 Å². The van der Waals surface area contributed by atoms with E-state index >= 15 is 0 Å². The van der Waals surface area contributed by atoms with E-state index in [9.17, 15) is 4.79 Å². The number of hydrogen-bond donors (Lipinski definition) is 2. The molecule has 3 nitrogen and oxygen atoms in total. The first-order valence-electron chi connectivity index (χ1n) is 6.08. The van der Waals surface area contributed by atoms with Crippen molar-refractivity contribution < 1.29 is 4.79 Å². The molecular formula is C13H18Cl2N2O. The van der Waals surface area contributed by atoms with Crippen LogP contribution in [0.5, 0.6) is 0 Å². The Kier molecular flexibility index (Phi) is 6.91. The summed E-state index contributed by atoms with van der Waals surface area (Å²) in [6, 6.07) is 5.12. The normalized spacial score (nSPS) is 10.2. The average molecular weight is 289 g/mol. The van der Waals surface area contributed by atoms with Crippen LogP contribution >= 0.6 is 23.2 Å². The van der Waals surface area contributed by atoms with Crippen molar-refractivity contribution in [2.75, 3.05) is 18.4 Å². The van der Waals surface area contributed by atoms with Crippen LogP contribution in [0.1, 0.15) is 26.2 Å². The molecule has 1 aromatic carbocycles. The van der Waals surface area contributed by atoms with Crippen LogP contribution in [0, 0.1) is 0 Å². The molecule has 0 unspecified atom stereocenters. The molecule has 0 aliphatic rings. The number of amides is 1. The molecule has 0 saturated carbocycles. The third kappa shape index (κ3) is 6.12. The van der Waals surface area contributed by atoms with Crippen LogP contribution in [0.4, 0.5) is 5.69 Å². The molecule has 0 saturated heterocycles. The van der Waals surface area contributed by atoms with Crippen LogP contribution < -0.4 is 10.6 Å². The molecule has 0 aliphatic heterocycles. The van der Waals surface area contributed by atoms with E-state index in [4.69, 9.17) is 23.2 Å². The number of carbonyl (C=O) groups excluding carboxylic acids is 1. The van der Waals surface area contributed by atoms with Gasteiger partial charge < -0.3 is 10.6 Å². The van der Waals surface area contributed by atoms with Gasteiger partial charge in [0, 0.05) is 22.3 Å². The van der Waals surface area contributed by atoms with Crippen molar-refractivity contribution in [3.63, 3.8) is 0 Å². The van der Waals surface area contributed by atoms with Gasteiger partial charge in [0.15, 0.2) is 0 Å². The number of rotatable bonds is 7. The van der Waals surface area contributed by atoms with Crippen LogP contribution in [0.25, 0.3) is 0 Å². The van der Waals surface area contributed by atoms with Gasteiger partial charge in [-0.05, 0) is 24.6 Å². The van der Waals surface area contributed by atoms with E-state index in [1.807, 2.05) is 0 Å². The summed E-state index contributed by atoms with van der Waals surface area (Å²) in [5.74, 6) is -0.0257. The molecule has 0 radical (unpaired) electrons. The third-order valence-electron chi connectivity index (χ3n) is 2.42. The lowest BCUT2D eigenvalue weighted by atomic mass is 10.2. The highest BCUT2D eigenvalue weighted by Gasteiger charge is 2.02. The molecule has 1 amide bonds. The van der Waals surface area contributed by atoms with Gasteiger partial charge in [-0.15, -0.1) is 0 Å². The molecular weight excluding hydrogens is 271 g/mol. The highest BCUT2D eigenvalue weighted by Crippen LogP contribution is 2.22. The van der Waals surface area contributed by atoms with Gasteiger partial charge in [-0.3, -0.25) is 4.79 Å². The maximum atomic E-state index is 11.5. The fraction of sp³-hybridized carbons (Fsp3) is 0.462. The Bertz CT molecular complexity index is 376. The summed E-state index contributed by atoms with van der Waals surface area (Å²) in [5, 5.41) is 6.93. The van der Waals surface area contributed by atoms with Crippen molar-refractivity contribution in [2.24, 2.45) is 0 Å². The van der Waals surface area contributed by atoms with E-state index in [0.29, 0.717) is 10.0 Å². The standard InChI is InChI=1S/C13H18Cl2N2O/c1-2-3-4-5-16-13(18)9-17-12-7-10(14)6-11(15)8-12/h6-8,17H,2-5,9H2,1H3,(H,16,18). The van der Waals surface area contributed by atoms with Crippen LogP contribution in [0.2, 0.25) is 10.0 Å². The van der Waals surface area contributed by atoms with E-state index in [-0.39, 0.29) is 12.5 Å². The molecule has 0 spiro atoms. The number of carbonyl (C=O) groups is 1. The summed E-state index contributed by atoms with van der Waals surface area (Å²) >= 11 is 11.7. The highest BCUT2D eigenvalue weighted by atomic mass is 35.5. The van der Waals surface area contributed by atoms with Crippen molar-refractivity contribution in [2.45, 2.75) is 26.2 Å². The number of hydrogen-bond acceptors (Lipinski definition) is 2. The molecule has 0 bridgehead atoms. The monoisotopic (exact) mass is 288 g/mol. The van der Waals surface area contributed by atoms with Gasteiger partial charge in [0.05, 0.1) is 6.54 Å². The lowest BCUT2D eigenvalue weighted by Crippen LogP contribution is -2.30. The zero-order chi connectivity index (χ0) is 13.4. The summed E-state index contributed by atoms with van der Waals surface area (Å²) in [4.78, 5) is 11.5. The van der Waals surface area contributed by atoms with Crippen LogP contribution in [-0.4, -0.2) is 19.0 Å². The fourth-order valence-electron chi connectivity index (χ4n) is 1.50. The van der Waals surface area contributed by atoms with Gasteiger partial charge >= 0.3 is 0 Å². The Morgan fingerprint density at radius 2 is 1.83 bits per heavy atom. The second kappa shape index (κ2) is 8.22. The number of nitrogens with one attached hydrogen (secondary N) is 2. The van der Waals surface area contributed by atoms with Crippen molar-refractivity contribution in [1.29, 1.82) is 0 Å². The van der Waals surface area contributed by atoms with Crippen LogP contribution in [0.3, 0.4) is 0 Å². The van der Waals surface area contributed by atoms with E-state index in [2.05, 4.69) is 17.6 Å². The molecule has 1 aromatic rings. The fourth-order valence-corrected chi connectivity index (χ4v) is 2.03. The van der Waals surface area contributed by atoms with Crippen LogP contribution in [-0.2, 0) is 4.79 Å². The molecule has 100 valence electrons. The van der Waals surface area contributed by atoms with Crippen molar-refractivity contribution >= 4 is 34.8 Å². The van der Waals surface area contributed by atoms with Gasteiger partial charge in [-0.25, -0.2) is 0 Å². The molecule has 0 heterocycles. The first-order valence-corrected chi connectivity index (χ1v) is 6.84. The average Bonchev–Trinajstić information content (AvgIpc) is 2.31. The summed E-state index contributed by atoms with van der Waals surface area (Å²) in [5.41, 5.74) is 0.746. The smallest absolute Gasteiger partial charge is 0.239 e. The summed E-state index contributed by atoms with van der Waals surface area (Å²) in [7, 11) is 0. The Morgan fingerprint density at radius 3 is 2.44 bits per heavy atom. The Labute approximate surface area is 118 Å². The molecule has 1 rings (SSSR count).